The van der Waals surface area contributed by atoms with Gasteiger partial charge in [-0.15, -0.1) is 11.3 Å². The molecular weight excluding hydrogens is 303 g/mol. The number of hydrogen-bond acceptors (Lipinski definition) is 4. The molecule has 1 N–H and O–H groups in total. The normalized spacial score (nSPS) is 10.9. The monoisotopic (exact) mass is 310 g/mol. The fraction of sp³-hybridized carbons (Fsp3) is 0.0769. The minimum atomic E-state index is -0.431. The van der Waals surface area contributed by atoms with E-state index in [1.165, 1.54) is 12.3 Å². The lowest BCUT2D eigenvalue weighted by Crippen LogP contribution is -2.22. The van der Waals surface area contributed by atoms with Gasteiger partial charge in [0.05, 0.1) is 11.6 Å². The van der Waals surface area contributed by atoms with Crippen LogP contribution in [0.1, 0.15) is 15.4 Å². The lowest BCUT2D eigenvalue weighted by atomic mass is 10.2. The zero-order valence-corrected chi connectivity index (χ0v) is 11.6. The van der Waals surface area contributed by atoms with E-state index in [0.29, 0.717) is 10.4 Å². The topological polar surface area (TPSA) is 55.1 Å². The summed E-state index contributed by atoms with van der Waals surface area (Å²) in [6.07, 6.45) is 1.42. The fourth-order valence-corrected chi connectivity index (χ4v) is 3.27. The molecule has 0 unspecified atom stereocenters. The lowest BCUT2D eigenvalue weighted by Gasteiger charge is -2.00. The van der Waals surface area contributed by atoms with E-state index < -0.39 is 5.82 Å². The van der Waals surface area contributed by atoms with Crippen molar-refractivity contribution >= 4 is 38.9 Å². The van der Waals surface area contributed by atoms with Gasteiger partial charge < -0.3 is 9.84 Å². The molecular formula is C13H8ClFN2O2S. The molecule has 7 heteroatoms. The van der Waals surface area contributed by atoms with Gasteiger partial charge in [-0.3, -0.25) is 4.79 Å². The van der Waals surface area contributed by atoms with E-state index in [9.17, 15) is 9.18 Å². The summed E-state index contributed by atoms with van der Waals surface area (Å²) < 4.78 is 19.0. The molecule has 0 saturated carbocycles. The molecule has 0 saturated heterocycles. The highest BCUT2D eigenvalue weighted by Crippen LogP contribution is 2.36. The molecule has 0 aliphatic heterocycles. The van der Waals surface area contributed by atoms with Crippen LogP contribution in [0.2, 0.25) is 5.02 Å². The highest BCUT2D eigenvalue weighted by molar-refractivity contribution is 7.21. The van der Waals surface area contributed by atoms with Crippen molar-refractivity contribution in [1.82, 2.24) is 10.5 Å². The van der Waals surface area contributed by atoms with Gasteiger partial charge in [0.25, 0.3) is 5.91 Å². The Labute approximate surface area is 122 Å². The first-order valence-electron chi connectivity index (χ1n) is 5.71. The summed E-state index contributed by atoms with van der Waals surface area (Å²) in [6, 6.07) is 6.27. The first-order chi connectivity index (χ1) is 9.66. The molecule has 3 aromatic rings. The lowest BCUT2D eigenvalue weighted by molar-refractivity contribution is 0.0954. The Kier molecular flexibility index (Phi) is 3.42. The van der Waals surface area contributed by atoms with Gasteiger partial charge in [0.2, 0.25) is 0 Å². The van der Waals surface area contributed by atoms with Gasteiger partial charge in [-0.25, -0.2) is 4.39 Å². The summed E-state index contributed by atoms with van der Waals surface area (Å²) >= 11 is 7.25. The number of thiophene rings is 1. The Bertz CT molecular complexity index is 770. The van der Waals surface area contributed by atoms with Crippen molar-refractivity contribution in [2.45, 2.75) is 6.54 Å². The molecule has 1 aromatic carbocycles. The summed E-state index contributed by atoms with van der Waals surface area (Å²) in [5, 5.41) is 6.77. The number of nitrogens with one attached hydrogen (secondary N) is 1. The molecule has 2 aromatic heterocycles. The van der Waals surface area contributed by atoms with Crippen LogP contribution in [0.25, 0.3) is 10.1 Å². The molecule has 0 aliphatic rings. The molecule has 102 valence electrons. The van der Waals surface area contributed by atoms with Crippen molar-refractivity contribution in [3.63, 3.8) is 0 Å². The van der Waals surface area contributed by atoms with Crippen molar-refractivity contribution in [3.05, 3.63) is 51.9 Å². The first-order valence-corrected chi connectivity index (χ1v) is 6.90. The molecule has 0 fully saturated rings. The zero-order chi connectivity index (χ0) is 14.1. The van der Waals surface area contributed by atoms with Crippen LogP contribution in [0.5, 0.6) is 0 Å². The number of rotatable bonds is 3. The highest BCUT2D eigenvalue weighted by Gasteiger charge is 2.19. The fourth-order valence-electron chi connectivity index (χ4n) is 1.80. The number of carbonyl (C=O) groups excluding carboxylic acids is 1. The van der Waals surface area contributed by atoms with Crippen LogP contribution in [-0.2, 0) is 6.54 Å². The van der Waals surface area contributed by atoms with Crippen molar-refractivity contribution < 1.29 is 13.7 Å². The van der Waals surface area contributed by atoms with E-state index in [-0.39, 0.29) is 27.7 Å². The maximum absolute atomic E-state index is 13.7. The molecule has 0 aliphatic carbocycles. The van der Waals surface area contributed by atoms with Gasteiger partial charge >= 0.3 is 0 Å². The van der Waals surface area contributed by atoms with Gasteiger partial charge in [-0.1, -0.05) is 22.8 Å². The second-order valence-corrected chi connectivity index (χ2v) is 5.46. The minimum Gasteiger partial charge on any atom is -0.364 e. The van der Waals surface area contributed by atoms with Gasteiger partial charge in [-0.05, 0) is 12.1 Å². The average molecular weight is 311 g/mol. The van der Waals surface area contributed by atoms with E-state index in [1.54, 1.807) is 18.2 Å². The maximum Gasteiger partial charge on any atom is 0.263 e. The second kappa shape index (κ2) is 5.22. The number of halogens is 2. The number of nitrogens with zero attached hydrogens (tertiary/aromatic N) is 1. The Morgan fingerprint density at radius 1 is 1.45 bits per heavy atom. The third-order valence-electron chi connectivity index (χ3n) is 2.73. The first kappa shape index (κ1) is 13.1. The molecule has 20 heavy (non-hydrogen) atoms. The Morgan fingerprint density at radius 3 is 3.00 bits per heavy atom. The predicted octanol–water partition coefficient (Wildman–Crippen LogP) is 3.61. The van der Waals surface area contributed by atoms with Gasteiger partial charge in [0.1, 0.15) is 22.7 Å². The molecule has 0 atom stereocenters. The predicted molar refractivity (Wildman–Crippen MR) is 74.5 cm³/mol. The van der Waals surface area contributed by atoms with Crippen LogP contribution in [0.3, 0.4) is 0 Å². The van der Waals surface area contributed by atoms with E-state index in [1.807, 2.05) is 0 Å². The minimum absolute atomic E-state index is 0.140. The molecule has 2 heterocycles. The van der Waals surface area contributed by atoms with Crippen molar-refractivity contribution in [2.24, 2.45) is 0 Å². The summed E-state index contributed by atoms with van der Waals surface area (Å²) in [5.74, 6) is -0.794. The molecule has 3 rings (SSSR count). The van der Waals surface area contributed by atoms with Gasteiger partial charge in [0.15, 0.2) is 0 Å². The van der Waals surface area contributed by atoms with E-state index in [4.69, 9.17) is 11.6 Å². The second-order valence-electron chi connectivity index (χ2n) is 4.03. The summed E-state index contributed by atoms with van der Waals surface area (Å²) in [5.41, 5.74) is 0.599. The third-order valence-corrected chi connectivity index (χ3v) is 4.38. The molecule has 4 nitrogen and oxygen atoms in total. The smallest absolute Gasteiger partial charge is 0.263 e. The number of fused-ring (bicyclic) bond motifs is 1. The summed E-state index contributed by atoms with van der Waals surface area (Å²) in [6.45, 7) is 0.225. The third kappa shape index (κ3) is 2.28. The van der Waals surface area contributed by atoms with Crippen molar-refractivity contribution in [2.75, 3.05) is 0 Å². The van der Waals surface area contributed by atoms with Gasteiger partial charge in [-0.2, -0.15) is 0 Å². The summed E-state index contributed by atoms with van der Waals surface area (Å²) in [4.78, 5) is 12.4. The highest BCUT2D eigenvalue weighted by atomic mass is 35.5. The molecule has 0 bridgehead atoms. The number of hydrogen-bond donors (Lipinski definition) is 1. The molecule has 0 radical (unpaired) electrons. The van der Waals surface area contributed by atoms with E-state index in [0.717, 1.165) is 11.3 Å². The Balaban J connectivity index is 1.88. The summed E-state index contributed by atoms with van der Waals surface area (Å²) in [7, 11) is 0. The molecule has 1 amide bonds. The zero-order valence-electron chi connectivity index (χ0n) is 10.0. The van der Waals surface area contributed by atoms with Crippen molar-refractivity contribution in [3.8, 4) is 0 Å². The van der Waals surface area contributed by atoms with E-state index in [2.05, 4.69) is 15.0 Å². The largest absolute Gasteiger partial charge is 0.364 e. The number of amides is 1. The van der Waals surface area contributed by atoms with E-state index >= 15 is 0 Å². The maximum atomic E-state index is 13.7. The number of aromatic nitrogens is 1. The van der Waals surface area contributed by atoms with Crippen LogP contribution in [-0.4, -0.2) is 11.1 Å². The molecule has 0 spiro atoms. The Morgan fingerprint density at radius 2 is 2.30 bits per heavy atom. The quantitative estimate of drug-likeness (QED) is 0.804. The number of benzene rings is 1. The van der Waals surface area contributed by atoms with Crippen molar-refractivity contribution in [1.29, 1.82) is 0 Å². The van der Waals surface area contributed by atoms with Crippen LogP contribution in [0, 0.1) is 5.82 Å². The average Bonchev–Trinajstić information content (AvgIpc) is 3.05. The number of carbonyl (C=O) groups is 1. The van der Waals surface area contributed by atoms with Crippen LogP contribution < -0.4 is 5.32 Å². The SMILES string of the molecule is O=C(NCc1ccon1)c1sc2cccc(F)c2c1Cl. The standard InChI is InChI=1S/C13H8ClFN2O2S/c14-11-10-8(15)2-1-3-9(10)20-12(11)13(18)16-6-7-4-5-19-17-7/h1-5H,6H2,(H,16,18). The van der Waals surface area contributed by atoms with Crippen LogP contribution >= 0.6 is 22.9 Å². The van der Waals surface area contributed by atoms with Crippen LogP contribution in [0.15, 0.2) is 35.1 Å². The van der Waals surface area contributed by atoms with Gasteiger partial charge in [0, 0.05) is 16.2 Å². The van der Waals surface area contributed by atoms with Crippen LogP contribution in [0.4, 0.5) is 4.39 Å². The Hall–Kier alpha value is -1.92.